The van der Waals surface area contributed by atoms with Crippen LogP contribution in [0.5, 0.6) is 0 Å². The molecule has 0 aromatic carbocycles. The maximum absolute atomic E-state index is 10.1. The van der Waals surface area contributed by atoms with Gasteiger partial charge in [-0.25, -0.2) is 4.79 Å². The summed E-state index contributed by atoms with van der Waals surface area (Å²) in [5.74, 6) is -0.879. The van der Waals surface area contributed by atoms with E-state index in [9.17, 15) is 4.79 Å². The van der Waals surface area contributed by atoms with E-state index < -0.39 is 5.97 Å². The van der Waals surface area contributed by atoms with Crippen LogP contribution in [-0.2, 0) is 9.53 Å². The smallest absolute Gasteiger partial charge is 0.329 e. The normalized spacial score (nSPS) is 10.6. The first kappa shape index (κ1) is 15.4. The van der Waals surface area contributed by atoms with E-state index in [2.05, 4.69) is 6.92 Å². The highest BCUT2D eigenvalue weighted by atomic mass is 16.5. The first-order valence-electron chi connectivity index (χ1n) is 6.57. The van der Waals surface area contributed by atoms with Crippen LogP contribution >= 0.6 is 0 Å². The van der Waals surface area contributed by atoms with Crippen LogP contribution in [0.4, 0.5) is 0 Å². The van der Waals surface area contributed by atoms with Crippen LogP contribution in [0.15, 0.2) is 0 Å². The lowest BCUT2D eigenvalue weighted by Gasteiger charge is -2.02. The predicted octanol–water partition coefficient (Wildman–Crippen LogP) is 3.62. The molecule has 0 saturated carbocycles. The molecule has 3 heteroatoms. The summed E-state index contributed by atoms with van der Waals surface area (Å²) in [5, 5.41) is 8.33. The Bertz CT molecular complexity index is 157. The minimum Gasteiger partial charge on any atom is -0.480 e. The molecule has 0 aromatic heterocycles. The van der Waals surface area contributed by atoms with Gasteiger partial charge >= 0.3 is 5.97 Å². The van der Waals surface area contributed by atoms with Crippen LogP contribution in [-0.4, -0.2) is 24.3 Å². The van der Waals surface area contributed by atoms with Gasteiger partial charge in [0.15, 0.2) is 0 Å². The Kier molecular flexibility index (Phi) is 12.1. The Balaban J connectivity index is 2.90. The van der Waals surface area contributed by atoms with Crippen molar-refractivity contribution in [1.29, 1.82) is 0 Å². The highest BCUT2D eigenvalue weighted by molar-refractivity contribution is 5.67. The summed E-state index contributed by atoms with van der Waals surface area (Å²) in [4.78, 5) is 10.1. The Morgan fingerprint density at radius 3 is 1.94 bits per heavy atom. The van der Waals surface area contributed by atoms with Gasteiger partial charge in [0.2, 0.25) is 0 Å². The summed E-state index contributed by atoms with van der Waals surface area (Å²) in [6.45, 7) is 2.66. The zero-order chi connectivity index (χ0) is 12.1. The second-order valence-corrected chi connectivity index (χ2v) is 4.27. The standard InChI is InChI=1S/C13H26O3/c1-2-3-4-5-6-7-8-9-10-11-16-12-13(14)15/h2-12H2,1H3,(H,14,15). The molecule has 0 aromatic rings. The van der Waals surface area contributed by atoms with Gasteiger partial charge in [-0.05, 0) is 6.42 Å². The quantitative estimate of drug-likeness (QED) is 0.521. The molecule has 0 rings (SSSR count). The lowest BCUT2D eigenvalue weighted by atomic mass is 10.1. The zero-order valence-electron chi connectivity index (χ0n) is 10.5. The van der Waals surface area contributed by atoms with Crippen molar-refractivity contribution in [2.75, 3.05) is 13.2 Å². The van der Waals surface area contributed by atoms with Crippen LogP contribution in [0, 0.1) is 0 Å². The number of carboxylic acid groups (broad SMARTS) is 1. The molecule has 0 fully saturated rings. The van der Waals surface area contributed by atoms with Gasteiger partial charge in [-0.1, -0.05) is 58.3 Å². The summed E-state index contributed by atoms with van der Waals surface area (Å²) < 4.78 is 4.96. The number of hydrogen-bond donors (Lipinski definition) is 1. The third kappa shape index (κ3) is 13.4. The van der Waals surface area contributed by atoms with E-state index in [-0.39, 0.29) is 6.61 Å². The van der Waals surface area contributed by atoms with E-state index >= 15 is 0 Å². The van der Waals surface area contributed by atoms with E-state index in [0.29, 0.717) is 6.61 Å². The van der Waals surface area contributed by atoms with Crippen molar-refractivity contribution in [1.82, 2.24) is 0 Å². The predicted molar refractivity (Wildman–Crippen MR) is 65.7 cm³/mol. The van der Waals surface area contributed by atoms with Crippen LogP contribution < -0.4 is 0 Å². The molecule has 1 N–H and O–H groups in total. The lowest BCUT2D eigenvalue weighted by Crippen LogP contribution is -2.07. The molecule has 3 nitrogen and oxygen atoms in total. The van der Waals surface area contributed by atoms with E-state index in [1.807, 2.05) is 0 Å². The average molecular weight is 230 g/mol. The molecule has 16 heavy (non-hydrogen) atoms. The summed E-state index contributed by atoms with van der Waals surface area (Å²) in [7, 11) is 0. The molecule has 0 aliphatic carbocycles. The summed E-state index contributed by atoms with van der Waals surface area (Å²) >= 11 is 0. The molecule has 0 atom stereocenters. The minimum absolute atomic E-state index is 0.156. The van der Waals surface area contributed by atoms with Crippen molar-refractivity contribution in [2.24, 2.45) is 0 Å². The van der Waals surface area contributed by atoms with Crippen molar-refractivity contribution < 1.29 is 14.6 Å². The Morgan fingerprint density at radius 1 is 0.938 bits per heavy atom. The second kappa shape index (κ2) is 12.5. The second-order valence-electron chi connectivity index (χ2n) is 4.27. The maximum Gasteiger partial charge on any atom is 0.329 e. The number of carbonyl (C=O) groups is 1. The highest BCUT2D eigenvalue weighted by Crippen LogP contribution is 2.09. The van der Waals surface area contributed by atoms with E-state index in [4.69, 9.17) is 9.84 Å². The molecule has 0 heterocycles. The molecule has 0 spiro atoms. The molecule has 0 saturated heterocycles. The van der Waals surface area contributed by atoms with E-state index in [0.717, 1.165) is 12.8 Å². The van der Waals surface area contributed by atoms with Crippen LogP contribution in [0.3, 0.4) is 0 Å². The van der Waals surface area contributed by atoms with Crippen LogP contribution in [0.2, 0.25) is 0 Å². The van der Waals surface area contributed by atoms with Crippen LogP contribution in [0.25, 0.3) is 0 Å². The summed E-state index contributed by atoms with van der Waals surface area (Å²) in [6, 6.07) is 0. The van der Waals surface area contributed by atoms with Gasteiger partial charge in [-0.15, -0.1) is 0 Å². The molecule has 0 aliphatic heterocycles. The Morgan fingerprint density at radius 2 is 1.44 bits per heavy atom. The summed E-state index contributed by atoms with van der Waals surface area (Å²) in [5.41, 5.74) is 0. The third-order valence-electron chi connectivity index (χ3n) is 2.62. The third-order valence-corrected chi connectivity index (χ3v) is 2.62. The minimum atomic E-state index is -0.879. The van der Waals surface area contributed by atoms with Gasteiger partial charge in [0.25, 0.3) is 0 Å². The molecule has 0 unspecified atom stereocenters. The fourth-order valence-electron chi connectivity index (χ4n) is 1.67. The molecule has 0 radical (unpaired) electrons. The fraction of sp³-hybridized carbons (Fsp3) is 0.923. The van der Waals surface area contributed by atoms with Gasteiger partial charge in [0.1, 0.15) is 6.61 Å². The van der Waals surface area contributed by atoms with Gasteiger partial charge in [0, 0.05) is 6.61 Å². The van der Waals surface area contributed by atoms with Gasteiger partial charge in [-0.2, -0.15) is 0 Å². The largest absolute Gasteiger partial charge is 0.480 e. The number of carboxylic acids is 1. The molecular weight excluding hydrogens is 204 g/mol. The van der Waals surface area contributed by atoms with Gasteiger partial charge < -0.3 is 9.84 Å². The fourth-order valence-corrected chi connectivity index (χ4v) is 1.67. The van der Waals surface area contributed by atoms with E-state index in [1.165, 1.54) is 44.9 Å². The van der Waals surface area contributed by atoms with Crippen molar-refractivity contribution >= 4 is 5.97 Å². The zero-order valence-corrected chi connectivity index (χ0v) is 10.5. The van der Waals surface area contributed by atoms with E-state index in [1.54, 1.807) is 0 Å². The average Bonchev–Trinajstić information content (AvgIpc) is 2.25. The number of unbranched alkanes of at least 4 members (excludes halogenated alkanes) is 8. The molecule has 0 amide bonds. The number of hydrogen-bond acceptors (Lipinski definition) is 2. The number of aliphatic carboxylic acids is 1. The molecule has 96 valence electrons. The lowest BCUT2D eigenvalue weighted by molar-refractivity contribution is -0.142. The first-order valence-corrected chi connectivity index (χ1v) is 6.57. The highest BCUT2D eigenvalue weighted by Gasteiger charge is 1.96. The number of ether oxygens (including phenoxy) is 1. The van der Waals surface area contributed by atoms with Crippen molar-refractivity contribution in [3.8, 4) is 0 Å². The molecule has 0 bridgehead atoms. The van der Waals surface area contributed by atoms with Gasteiger partial charge in [-0.3, -0.25) is 0 Å². The summed E-state index contributed by atoms with van der Waals surface area (Å²) in [6.07, 6.45) is 11.5. The molecular formula is C13H26O3. The van der Waals surface area contributed by atoms with Crippen molar-refractivity contribution in [3.05, 3.63) is 0 Å². The SMILES string of the molecule is CCCCCCCCCCCOCC(=O)O. The molecule has 0 aliphatic rings. The Hall–Kier alpha value is -0.570. The van der Waals surface area contributed by atoms with Crippen molar-refractivity contribution in [3.63, 3.8) is 0 Å². The first-order chi connectivity index (χ1) is 7.77. The monoisotopic (exact) mass is 230 g/mol. The topological polar surface area (TPSA) is 46.5 Å². The van der Waals surface area contributed by atoms with Crippen molar-refractivity contribution in [2.45, 2.75) is 64.7 Å². The maximum atomic E-state index is 10.1. The van der Waals surface area contributed by atoms with Gasteiger partial charge in [0.05, 0.1) is 0 Å². The number of rotatable bonds is 12. The Labute approximate surface area is 99.2 Å². The van der Waals surface area contributed by atoms with Crippen LogP contribution in [0.1, 0.15) is 64.7 Å².